The van der Waals surface area contributed by atoms with E-state index in [1.165, 1.54) is 0 Å². The molecule has 1 aliphatic heterocycles. The summed E-state index contributed by atoms with van der Waals surface area (Å²) in [6, 6.07) is 3.91. The number of hydrogen-bond acceptors (Lipinski definition) is 5. The predicted molar refractivity (Wildman–Crippen MR) is 75.2 cm³/mol. The number of ether oxygens (including phenoxy) is 1. The first-order valence-corrected chi connectivity index (χ1v) is 7.08. The molecule has 2 fully saturated rings. The van der Waals surface area contributed by atoms with Gasteiger partial charge in [0.15, 0.2) is 0 Å². The lowest BCUT2D eigenvalue weighted by Gasteiger charge is -2.37. The Morgan fingerprint density at radius 1 is 1.55 bits per heavy atom. The zero-order valence-electron chi connectivity index (χ0n) is 11.4. The van der Waals surface area contributed by atoms with Gasteiger partial charge in [-0.15, -0.1) is 0 Å². The van der Waals surface area contributed by atoms with Crippen LogP contribution in [0.4, 0.5) is 5.69 Å². The maximum atomic E-state index is 12.3. The molecule has 1 aliphatic carbocycles. The van der Waals surface area contributed by atoms with Crippen molar-refractivity contribution < 1.29 is 9.53 Å². The van der Waals surface area contributed by atoms with E-state index in [0.717, 1.165) is 24.2 Å². The Hall–Kier alpha value is -1.66. The fourth-order valence-corrected chi connectivity index (χ4v) is 2.48. The van der Waals surface area contributed by atoms with Gasteiger partial charge in [-0.2, -0.15) is 0 Å². The molecule has 2 aliphatic rings. The normalized spacial score (nSPS) is 22.6. The van der Waals surface area contributed by atoms with Crippen LogP contribution < -0.4 is 16.0 Å². The number of aromatic nitrogens is 1. The number of anilines is 1. The van der Waals surface area contributed by atoms with Crippen LogP contribution in [-0.2, 0) is 16.1 Å². The number of carbonyl (C=O) groups is 1. The molecule has 3 N–H and O–H groups in total. The van der Waals surface area contributed by atoms with E-state index in [0.29, 0.717) is 32.3 Å². The fourth-order valence-electron chi connectivity index (χ4n) is 2.48. The Morgan fingerprint density at radius 2 is 2.40 bits per heavy atom. The van der Waals surface area contributed by atoms with Gasteiger partial charge >= 0.3 is 0 Å². The molecule has 6 nitrogen and oxygen atoms in total. The van der Waals surface area contributed by atoms with Crippen molar-refractivity contribution >= 4 is 11.6 Å². The summed E-state index contributed by atoms with van der Waals surface area (Å²) in [5, 5.41) is 3.05. The van der Waals surface area contributed by atoms with Gasteiger partial charge in [-0.25, -0.2) is 0 Å². The van der Waals surface area contributed by atoms with Crippen LogP contribution in [0.5, 0.6) is 0 Å². The quantitative estimate of drug-likeness (QED) is 0.810. The summed E-state index contributed by atoms with van der Waals surface area (Å²) in [5.74, 6) is 0.0408. The summed E-state index contributed by atoms with van der Waals surface area (Å²) in [6.07, 6.45) is 3.89. The molecule has 0 radical (unpaired) electrons. The Kier molecular flexibility index (Phi) is 3.84. The number of nitrogens with one attached hydrogen (secondary N) is 1. The molecule has 6 heteroatoms. The second kappa shape index (κ2) is 5.76. The molecule has 1 saturated heterocycles. The fraction of sp³-hybridized carbons (Fsp3) is 0.571. The molecule has 20 heavy (non-hydrogen) atoms. The van der Waals surface area contributed by atoms with Crippen LogP contribution >= 0.6 is 0 Å². The number of pyridine rings is 1. The van der Waals surface area contributed by atoms with Crippen LogP contribution in [0.15, 0.2) is 18.3 Å². The largest absolute Gasteiger partial charge is 0.377 e. The molecule has 1 unspecified atom stereocenters. The number of amides is 1. The third-order valence-electron chi connectivity index (χ3n) is 3.72. The van der Waals surface area contributed by atoms with Crippen LogP contribution in [0.1, 0.15) is 18.5 Å². The molecule has 1 saturated carbocycles. The summed E-state index contributed by atoms with van der Waals surface area (Å²) >= 11 is 0. The minimum Gasteiger partial charge on any atom is -0.377 e. The maximum Gasteiger partial charge on any atom is 0.245 e. The average molecular weight is 276 g/mol. The highest BCUT2D eigenvalue weighted by atomic mass is 16.5. The molecule has 3 rings (SSSR count). The van der Waals surface area contributed by atoms with Crippen molar-refractivity contribution in [2.45, 2.75) is 31.5 Å². The monoisotopic (exact) mass is 276 g/mol. The lowest BCUT2D eigenvalue weighted by atomic mass is 10.1. The van der Waals surface area contributed by atoms with Gasteiger partial charge < -0.3 is 20.7 Å². The van der Waals surface area contributed by atoms with E-state index in [2.05, 4.69) is 15.2 Å². The number of hydrogen-bond donors (Lipinski definition) is 2. The van der Waals surface area contributed by atoms with Gasteiger partial charge in [0, 0.05) is 25.3 Å². The zero-order chi connectivity index (χ0) is 13.9. The van der Waals surface area contributed by atoms with Crippen molar-refractivity contribution in [3.05, 3.63) is 24.0 Å². The molecule has 2 heterocycles. The van der Waals surface area contributed by atoms with Crippen molar-refractivity contribution in [2.24, 2.45) is 5.73 Å². The number of morpholine rings is 1. The van der Waals surface area contributed by atoms with Crippen LogP contribution in [0.2, 0.25) is 0 Å². The number of rotatable bonds is 4. The van der Waals surface area contributed by atoms with Gasteiger partial charge in [0.1, 0.15) is 6.04 Å². The molecule has 1 aromatic rings. The van der Waals surface area contributed by atoms with Gasteiger partial charge in [-0.05, 0) is 25.0 Å². The van der Waals surface area contributed by atoms with E-state index < -0.39 is 0 Å². The molecule has 0 aromatic carbocycles. The van der Waals surface area contributed by atoms with Crippen LogP contribution in [0.3, 0.4) is 0 Å². The standard InChI is InChI=1S/C14H20N4O2/c15-8-11-12(2-1-5-16-11)18-6-7-20-9-13(18)14(19)17-10-3-4-10/h1-2,5,10,13H,3-4,6-9,15H2,(H,17,19). The Bertz CT molecular complexity index is 490. The van der Waals surface area contributed by atoms with E-state index in [4.69, 9.17) is 10.5 Å². The minimum atomic E-state index is -0.293. The van der Waals surface area contributed by atoms with E-state index >= 15 is 0 Å². The van der Waals surface area contributed by atoms with Crippen molar-refractivity contribution in [3.8, 4) is 0 Å². The number of carbonyl (C=O) groups excluding carboxylic acids is 1. The summed E-state index contributed by atoms with van der Waals surface area (Å²) in [5.41, 5.74) is 7.51. The van der Waals surface area contributed by atoms with Gasteiger partial charge in [0.2, 0.25) is 5.91 Å². The summed E-state index contributed by atoms with van der Waals surface area (Å²) in [7, 11) is 0. The molecule has 1 atom stereocenters. The molecular formula is C14H20N4O2. The van der Waals surface area contributed by atoms with Crippen molar-refractivity contribution in [1.82, 2.24) is 10.3 Å². The summed E-state index contributed by atoms with van der Waals surface area (Å²) in [6.45, 7) is 2.08. The van der Waals surface area contributed by atoms with Crippen LogP contribution in [0.25, 0.3) is 0 Å². The highest BCUT2D eigenvalue weighted by Crippen LogP contribution is 2.24. The van der Waals surface area contributed by atoms with Gasteiger partial charge in [0.05, 0.1) is 24.6 Å². The summed E-state index contributed by atoms with van der Waals surface area (Å²) in [4.78, 5) is 18.7. The lowest BCUT2D eigenvalue weighted by Crippen LogP contribution is -2.54. The van der Waals surface area contributed by atoms with E-state index in [1.54, 1.807) is 6.20 Å². The number of nitrogens with zero attached hydrogens (tertiary/aromatic N) is 2. The van der Waals surface area contributed by atoms with Crippen molar-refractivity contribution in [3.63, 3.8) is 0 Å². The highest BCUT2D eigenvalue weighted by Gasteiger charge is 2.34. The SMILES string of the molecule is NCc1ncccc1N1CCOCC1C(=O)NC1CC1. The second-order valence-electron chi connectivity index (χ2n) is 5.24. The average Bonchev–Trinajstić information content (AvgIpc) is 3.31. The van der Waals surface area contributed by atoms with E-state index in [9.17, 15) is 4.79 Å². The minimum absolute atomic E-state index is 0.0408. The molecule has 0 bridgehead atoms. The van der Waals surface area contributed by atoms with Crippen LogP contribution in [0, 0.1) is 0 Å². The molecule has 108 valence electrons. The Morgan fingerprint density at radius 3 is 3.15 bits per heavy atom. The molecule has 1 amide bonds. The topological polar surface area (TPSA) is 80.5 Å². The third-order valence-corrected chi connectivity index (χ3v) is 3.72. The number of nitrogens with two attached hydrogens (primary N) is 1. The molecular weight excluding hydrogens is 256 g/mol. The second-order valence-corrected chi connectivity index (χ2v) is 5.24. The highest BCUT2D eigenvalue weighted by molar-refractivity contribution is 5.86. The smallest absolute Gasteiger partial charge is 0.245 e. The van der Waals surface area contributed by atoms with Gasteiger partial charge in [-0.1, -0.05) is 0 Å². The third kappa shape index (κ3) is 2.76. The molecule has 1 aromatic heterocycles. The van der Waals surface area contributed by atoms with Crippen molar-refractivity contribution in [1.29, 1.82) is 0 Å². The van der Waals surface area contributed by atoms with E-state index in [1.807, 2.05) is 12.1 Å². The predicted octanol–water partition coefficient (Wildman–Crippen LogP) is 0.0241. The first kappa shape index (κ1) is 13.3. The Labute approximate surface area is 118 Å². The van der Waals surface area contributed by atoms with Crippen molar-refractivity contribution in [2.75, 3.05) is 24.7 Å². The van der Waals surface area contributed by atoms with Crippen LogP contribution in [-0.4, -0.2) is 42.7 Å². The molecule has 0 spiro atoms. The van der Waals surface area contributed by atoms with E-state index in [-0.39, 0.29) is 11.9 Å². The lowest BCUT2D eigenvalue weighted by molar-refractivity contribution is -0.124. The maximum absolute atomic E-state index is 12.3. The first-order valence-electron chi connectivity index (χ1n) is 7.08. The zero-order valence-corrected chi connectivity index (χ0v) is 11.4. The first-order chi connectivity index (χ1) is 9.79. The summed E-state index contributed by atoms with van der Waals surface area (Å²) < 4.78 is 5.48. The Balaban J connectivity index is 1.82. The van der Waals surface area contributed by atoms with Gasteiger partial charge in [-0.3, -0.25) is 9.78 Å². The van der Waals surface area contributed by atoms with Gasteiger partial charge in [0.25, 0.3) is 0 Å².